The summed E-state index contributed by atoms with van der Waals surface area (Å²) >= 11 is 0. The molecular weight excluding hydrogens is 282 g/mol. The summed E-state index contributed by atoms with van der Waals surface area (Å²) in [7, 11) is -1.82. The maximum absolute atomic E-state index is 6.59. The lowest BCUT2D eigenvalue weighted by molar-refractivity contribution is -0.200. The van der Waals surface area contributed by atoms with Gasteiger partial charge in [-0.2, -0.15) is 0 Å². The van der Waals surface area contributed by atoms with Gasteiger partial charge in [-0.3, -0.25) is 0 Å². The second-order valence-electron chi connectivity index (χ2n) is 8.38. The summed E-state index contributed by atoms with van der Waals surface area (Å²) in [4.78, 5) is 0. The average Bonchev–Trinajstić information content (AvgIpc) is 2.84. The molecule has 124 valence electrons. The van der Waals surface area contributed by atoms with Crippen LogP contribution in [0.1, 0.15) is 41.0 Å². The molecule has 5 heteroatoms. The van der Waals surface area contributed by atoms with Crippen LogP contribution in [-0.4, -0.2) is 39.5 Å². The zero-order chi connectivity index (χ0) is 16.1. The molecule has 0 amide bonds. The van der Waals surface area contributed by atoms with Crippen molar-refractivity contribution in [2.24, 2.45) is 17.6 Å². The Morgan fingerprint density at radius 1 is 1.24 bits per heavy atom. The van der Waals surface area contributed by atoms with Gasteiger partial charge in [-0.15, -0.1) is 0 Å². The standard InChI is InChI=1S/C16H33NO3Si/c1-11-10-16(18-8-9-19-16)13(14(11)17)12(2)20-21(6,7)15(3,4)5/h11-14H,8-10,17H2,1-7H3/t11-,12+,13+,14+/m0/s1. The quantitative estimate of drug-likeness (QED) is 0.813. The smallest absolute Gasteiger partial charge is 0.192 e. The van der Waals surface area contributed by atoms with E-state index < -0.39 is 14.1 Å². The lowest BCUT2D eigenvalue weighted by Gasteiger charge is -2.43. The predicted molar refractivity (Wildman–Crippen MR) is 87.6 cm³/mol. The van der Waals surface area contributed by atoms with E-state index in [1.807, 2.05) is 0 Å². The third kappa shape index (κ3) is 3.08. The maximum Gasteiger partial charge on any atom is 0.192 e. The molecule has 0 unspecified atom stereocenters. The number of rotatable bonds is 3. The van der Waals surface area contributed by atoms with Crippen molar-refractivity contribution in [3.05, 3.63) is 0 Å². The van der Waals surface area contributed by atoms with Gasteiger partial charge in [0.05, 0.1) is 25.2 Å². The van der Waals surface area contributed by atoms with Crippen LogP contribution in [0.15, 0.2) is 0 Å². The molecule has 2 fully saturated rings. The second kappa shape index (κ2) is 5.60. The van der Waals surface area contributed by atoms with Crippen LogP contribution in [0.4, 0.5) is 0 Å². The fraction of sp³-hybridized carbons (Fsp3) is 1.00. The molecule has 0 bridgehead atoms. The van der Waals surface area contributed by atoms with Gasteiger partial charge in [0.1, 0.15) is 0 Å². The molecule has 0 aromatic rings. The highest BCUT2D eigenvalue weighted by Crippen LogP contribution is 2.48. The summed E-state index contributed by atoms with van der Waals surface area (Å²) in [5.74, 6) is 0.00310. The van der Waals surface area contributed by atoms with Crippen LogP contribution in [0, 0.1) is 11.8 Å². The summed E-state index contributed by atoms with van der Waals surface area (Å²) < 4.78 is 18.6. The largest absolute Gasteiger partial charge is 0.414 e. The highest BCUT2D eigenvalue weighted by Gasteiger charge is 2.58. The highest BCUT2D eigenvalue weighted by molar-refractivity contribution is 6.74. The van der Waals surface area contributed by atoms with Gasteiger partial charge in [0.2, 0.25) is 0 Å². The van der Waals surface area contributed by atoms with Crippen molar-refractivity contribution >= 4 is 8.32 Å². The van der Waals surface area contributed by atoms with Crippen molar-refractivity contribution in [1.29, 1.82) is 0 Å². The first kappa shape index (κ1) is 17.4. The highest BCUT2D eigenvalue weighted by atomic mass is 28.4. The van der Waals surface area contributed by atoms with Crippen LogP contribution in [0.5, 0.6) is 0 Å². The van der Waals surface area contributed by atoms with Crippen LogP contribution in [-0.2, 0) is 13.9 Å². The average molecular weight is 316 g/mol. The minimum atomic E-state index is -1.82. The van der Waals surface area contributed by atoms with E-state index in [0.29, 0.717) is 19.1 Å². The molecule has 1 spiro atoms. The molecule has 2 aliphatic rings. The Balaban J connectivity index is 2.18. The molecule has 4 nitrogen and oxygen atoms in total. The van der Waals surface area contributed by atoms with E-state index in [0.717, 1.165) is 6.42 Å². The summed E-state index contributed by atoms with van der Waals surface area (Å²) in [5.41, 5.74) is 6.48. The lowest BCUT2D eigenvalue weighted by atomic mass is 9.92. The Kier molecular flexibility index (Phi) is 4.65. The topological polar surface area (TPSA) is 53.7 Å². The van der Waals surface area contributed by atoms with Gasteiger partial charge in [0.15, 0.2) is 14.1 Å². The molecule has 0 aromatic carbocycles. The van der Waals surface area contributed by atoms with Crippen molar-refractivity contribution in [2.75, 3.05) is 13.2 Å². The molecule has 2 rings (SSSR count). The van der Waals surface area contributed by atoms with Gasteiger partial charge < -0.3 is 19.6 Å². The second-order valence-corrected chi connectivity index (χ2v) is 13.1. The van der Waals surface area contributed by atoms with E-state index in [1.54, 1.807) is 0 Å². The summed E-state index contributed by atoms with van der Waals surface area (Å²) in [6, 6.07) is 0.0721. The van der Waals surface area contributed by atoms with E-state index in [2.05, 4.69) is 47.7 Å². The van der Waals surface area contributed by atoms with Crippen LogP contribution in [0.2, 0.25) is 18.1 Å². The zero-order valence-corrected chi connectivity index (χ0v) is 15.7. The van der Waals surface area contributed by atoms with Crippen molar-refractivity contribution in [3.8, 4) is 0 Å². The minimum absolute atomic E-state index is 0.0592. The first-order chi connectivity index (χ1) is 9.50. The first-order valence-corrected chi connectivity index (χ1v) is 11.1. The van der Waals surface area contributed by atoms with Gasteiger partial charge in [-0.05, 0) is 31.0 Å². The molecular formula is C16H33NO3Si. The van der Waals surface area contributed by atoms with Gasteiger partial charge in [0, 0.05) is 12.5 Å². The Hall–Kier alpha value is 0.0569. The number of nitrogens with two attached hydrogens (primary N) is 1. The van der Waals surface area contributed by atoms with Crippen LogP contribution < -0.4 is 5.73 Å². The molecule has 1 saturated carbocycles. The molecule has 1 aliphatic carbocycles. The van der Waals surface area contributed by atoms with Gasteiger partial charge in [-0.1, -0.05) is 27.7 Å². The summed E-state index contributed by atoms with van der Waals surface area (Å²) in [5, 5.41) is 0.195. The van der Waals surface area contributed by atoms with E-state index >= 15 is 0 Å². The molecule has 1 saturated heterocycles. The van der Waals surface area contributed by atoms with Crippen LogP contribution in [0.3, 0.4) is 0 Å². The first-order valence-electron chi connectivity index (χ1n) is 8.21. The van der Waals surface area contributed by atoms with Crippen molar-refractivity contribution in [1.82, 2.24) is 0 Å². The molecule has 1 heterocycles. The van der Waals surface area contributed by atoms with E-state index in [9.17, 15) is 0 Å². The SMILES string of the molecule is C[C@H]1CC2(OCCO2)[C@H]([C@@H](C)O[Si](C)(C)C(C)(C)C)[C@@H]1N. The minimum Gasteiger partial charge on any atom is -0.414 e. The number of ether oxygens (including phenoxy) is 2. The predicted octanol–water partition coefficient (Wildman–Crippen LogP) is 3.12. The number of hydrogen-bond acceptors (Lipinski definition) is 4. The Labute approximate surface area is 130 Å². The monoisotopic (exact) mass is 315 g/mol. The van der Waals surface area contributed by atoms with E-state index in [-0.39, 0.29) is 23.1 Å². The van der Waals surface area contributed by atoms with Crippen LogP contribution in [0.25, 0.3) is 0 Å². The summed E-state index contributed by atoms with van der Waals surface area (Å²) in [6.45, 7) is 17.1. The van der Waals surface area contributed by atoms with Gasteiger partial charge in [0.25, 0.3) is 0 Å². The Bertz CT molecular complexity index is 374. The fourth-order valence-electron chi connectivity index (χ4n) is 3.53. The molecule has 2 N–H and O–H groups in total. The zero-order valence-electron chi connectivity index (χ0n) is 14.7. The number of hydrogen-bond donors (Lipinski definition) is 1. The van der Waals surface area contributed by atoms with Gasteiger partial charge >= 0.3 is 0 Å². The van der Waals surface area contributed by atoms with Crippen molar-refractivity contribution in [3.63, 3.8) is 0 Å². The third-order valence-corrected chi connectivity index (χ3v) is 10.3. The van der Waals surface area contributed by atoms with Crippen molar-refractivity contribution in [2.45, 2.75) is 77.1 Å². The molecule has 1 aliphatic heterocycles. The maximum atomic E-state index is 6.59. The lowest BCUT2D eigenvalue weighted by Crippen LogP contribution is -2.53. The summed E-state index contributed by atoms with van der Waals surface area (Å²) in [6.07, 6.45) is 0.938. The molecule has 0 radical (unpaired) electrons. The fourth-order valence-corrected chi connectivity index (χ4v) is 4.96. The van der Waals surface area contributed by atoms with E-state index in [4.69, 9.17) is 19.6 Å². The normalized spacial score (nSPS) is 34.6. The molecule has 4 atom stereocenters. The molecule has 0 aromatic heterocycles. The van der Waals surface area contributed by atoms with E-state index in [1.165, 1.54) is 0 Å². The van der Waals surface area contributed by atoms with Gasteiger partial charge in [-0.25, -0.2) is 0 Å². The molecule has 21 heavy (non-hydrogen) atoms. The Morgan fingerprint density at radius 2 is 1.76 bits per heavy atom. The Morgan fingerprint density at radius 3 is 2.24 bits per heavy atom. The third-order valence-electron chi connectivity index (χ3n) is 5.75. The van der Waals surface area contributed by atoms with Crippen molar-refractivity contribution < 1.29 is 13.9 Å². The van der Waals surface area contributed by atoms with Crippen LogP contribution >= 0.6 is 0 Å².